The number of carbonyl (C=O) groups is 1. The molecule has 0 aliphatic rings. The molecule has 1 heterocycles. The normalized spacial score (nSPS) is 12.0. The highest BCUT2D eigenvalue weighted by atomic mass is 16.2. The molecule has 0 saturated carbocycles. The van der Waals surface area contributed by atoms with Crippen LogP contribution in [0.2, 0.25) is 0 Å². The van der Waals surface area contributed by atoms with Gasteiger partial charge in [0.1, 0.15) is 6.54 Å². The monoisotopic (exact) mass is 336 g/mol. The van der Waals surface area contributed by atoms with Gasteiger partial charge in [-0.15, -0.1) is 13.2 Å². The third kappa shape index (κ3) is 4.21. The van der Waals surface area contributed by atoms with Gasteiger partial charge in [0, 0.05) is 6.04 Å². The minimum Gasteiger partial charge on any atom is -0.352 e. The van der Waals surface area contributed by atoms with Gasteiger partial charge in [-0.05, 0) is 12.8 Å². The molecule has 132 valence electrons. The molecule has 1 N–H and O–H groups in total. The van der Waals surface area contributed by atoms with E-state index >= 15 is 0 Å². The lowest BCUT2D eigenvalue weighted by Crippen LogP contribution is -2.56. The molecule has 0 bridgehead atoms. The van der Waals surface area contributed by atoms with E-state index in [1.807, 2.05) is 20.8 Å². The Morgan fingerprint density at radius 3 is 1.75 bits per heavy atom. The molecule has 1 aromatic rings. The number of nitrogens with one attached hydrogen (secondary N) is 1. The van der Waals surface area contributed by atoms with Crippen molar-refractivity contribution in [1.82, 2.24) is 19.0 Å². The number of carbonyl (C=O) groups excluding carboxylic acids is 1. The zero-order chi connectivity index (χ0) is 18.4. The summed E-state index contributed by atoms with van der Waals surface area (Å²) in [5.74, 6) is -0.262. The predicted octanol–water partition coefficient (Wildman–Crippen LogP) is -0.296. The molecule has 0 radical (unpaired) electrons. The highest BCUT2D eigenvalue weighted by Gasteiger charge is 2.18. The smallest absolute Gasteiger partial charge is 0.337 e. The molecule has 0 aliphatic heterocycles. The minimum atomic E-state index is -0.836. The van der Waals surface area contributed by atoms with Crippen molar-refractivity contribution in [2.75, 3.05) is 0 Å². The van der Waals surface area contributed by atoms with Crippen LogP contribution in [0.3, 0.4) is 0 Å². The molecule has 0 fully saturated rings. The Kier molecular flexibility index (Phi) is 6.69. The SMILES string of the molecule is C=CCn1c(=O)n(CC=C)c(=O)n(CC(=O)NC(C)C(C)C)c1=O. The van der Waals surface area contributed by atoms with E-state index < -0.39 is 29.5 Å². The fourth-order valence-corrected chi connectivity index (χ4v) is 2.00. The van der Waals surface area contributed by atoms with Crippen LogP contribution in [0.15, 0.2) is 39.7 Å². The Balaban J connectivity index is 3.37. The fourth-order valence-electron chi connectivity index (χ4n) is 2.00. The van der Waals surface area contributed by atoms with Gasteiger partial charge >= 0.3 is 17.1 Å². The van der Waals surface area contributed by atoms with E-state index in [0.29, 0.717) is 0 Å². The molecule has 0 aliphatic carbocycles. The van der Waals surface area contributed by atoms with Gasteiger partial charge in [-0.1, -0.05) is 26.0 Å². The van der Waals surface area contributed by atoms with Gasteiger partial charge < -0.3 is 5.32 Å². The van der Waals surface area contributed by atoms with Gasteiger partial charge in [0.2, 0.25) is 5.91 Å². The highest BCUT2D eigenvalue weighted by Crippen LogP contribution is 1.99. The lowest BCUT2D eigenvalue weighted by atomic mass is 10.1. The number of hydrogen-bond acceptors (Lipinski definition) is 4. The number of rotatable bonds is 8. The first kappa shape index (κ1) is 19.4. The standard InChI is InChI=1S/C16H24N4O4/c1-6-8-18-14(22)19(9-7-2)16(24)20(15(18)23)10-13(21)17-12(5)11(3)4/h6-7,11-12H,1-2,8-10H2,3-5H3,(H,17,21). The summed E-state index contributed by atoms with van der Waals surface area (Å²) >= 11 is 0. The van der Waals surface area contributed by atoms with Crippen LogP contribution in [0.4, 0.5) is 0 Å². The van der Waals surface area contributed by atoms with E-state index in [2.05, 4.69) is 18.5 Å². The Hall–Kier alpha value is -2.64. The van der Waals surface area contributed by atoms with Gasteiger partial charge in [0.15, 0.2) is 0 Å². The Bertz CT molecular complexity index is 750. The Labute approximate surface area is 139 Å². The third-order valence-electron chi connectivity index (χ3n) is 3.70. The van der Waals surface area contributed by atoms with Crippen LogP contribution < -0.4 is 22.4 Å². The summed E-state index contributed by atoms with van der Waals surface area (Å²) in [6.07, 6.45) is 2.74. The summed E-state index contributed by atoms with van der Waals surface area (Å²) < 4.78 is 2.46. The molecule has 24 heavy (non-hydrogen) atoms. The maximum absolute atomic E-state index is 12.4. The molecular weight excluding hydrogens is 312 g/mol. The molecule has 0 aromatic carbocycles. The van der Waals surface area contributed by atoms with Crippen LogP contribution in [-0.4, -0.2) is 25.7 Å². The van der Waals surface area contributed by atoms with Gasteiger partial charge in [-0.3, -0.25) is 4.79 Å². The third-order valence-corrected chi connectivity index (χ3v) is 3.70. The predicted molar refractivity (Wildman–Crippen MR) is 92.1 cm³/mol. The van der Waals surface area contributed by atoms with Crippen LogP contribution in [-0.2, 0) is 24.4 Å². The van der Waals surface area contributed by atoms with Gasteiger partial charge in [-0.2, -0.15) is 0 Å². The molecule has 1 rings (SSSR count). The van der Waals surface area contributed by atoms with Crippen molar-refractivity contribution in [1.29, 1.82) is 0 Å². The largest absolute Gasteiger partial charge is 0.352 e. The Morgan fingerprint density at radius 2 is 1.38 bits per heavy atom. The topological polar surface area (TPSA) is 95.1 Å². The number of aromatic nitrogens is 3. The molecule has 1 unspecified atom stereocenters. The summed E-state index contributed by atoms with van der Waals surface area (Å²) in [7, 11) is 0. The molecule has 8 nitrogen and oxygen atoms in total. The zero-order valence-corrected chi connectivity index (χ0v) is 14.3. The summed E-state index contributed by atoms with van der Waals surface area (Å²) in [6, 6.07) is -0.109. The number of hydrogen-bond donors (Lipinski definition) is 1. The number of amides is 1. The van der Waals surface area contributed by atoms with Crippen molar-refractivity contribution >= 4 is 5.91 Å². The van der Waals surface area contributed by atoms with E-state index in [4.69, 9.17) is 0 Å². The molecule has 8 heteroatoms. The molecule has 1 atom stereocenters. The second kappa shape index (κ2) is 8.28. The average Bonchev–Trinajstić information content (AvgIpc) is 2.52. The molecule has 1 amide bonds. The maximum Gasteiger partial charge on any atom is 0.337 e. The van der Waals surface area contributed by atoms with E-state index in [1.54, 1.807) is 0 Å². The summed E-state index contributed by atoms with van der Waals surface area (Å²) in [5.41, 5.74) is -2.42. The first-order valence-corrected chi connectivity index (χ1v) is 7.70. The van der Waals surface area contributed by atoms with Gasteiger partial charge in [0.05, 0.1) is 13.1 Å². The summed E-state index contributed by atoms with van der Waals surface area (Å²) in [6.45, 7) is 12.1. The Morgan fingerprint density at radius 1 is 0.958 bits per heavy atom. The average molecular weight is 336 g/mol. The molecule has 1 aromatic heterocycles. The first-order chi connectivity index (χ1) is 11.2. The summed E-state index contributed by atoms with van der Waals surface area (Å²) in [5, 5.41) is 2.73. The molecule has 0 saturated heterocycles. The summed E-state index contributed by atoms with van der Waals surface area (Å²) in [4.78, 5) is 49.1. The number of allylic oxidation sites excluding steroid dienone is 2. The lowest BCUT2D eigenvalue weighted by Gasteiger charge is -2.18. The van der Waals surface area contributed by atoms with E-state index in [-0.39, 0.29) is 25.0 Å². The zero-order valence-electron chi connectivity index (χ0n) is 14.3. The van der Waals surface area contributed by atoms with Crippen LogP contribution in [0, 0.1) is 5.92 Å². The van der Waals surface area contributed by atoms with Crippen molar-refractivity contribution in [2.45, 2.75) is 46.4 Å². The van der Waals surface area contributed by atoms with Crippen LogP contribution in [0.5, 0.6) is 0 Å². The second-order valence-corrected chi connectivity index (χ2v) is 5.83. The van der Waals surface area contributed by atoms with E-state index in [1.165, 1.54) is 12.2 Å². The van der Waals surface area contributed by atoms with Crippen molar-refractivity contribution in [3.05, 3.63) is 56.8 Å². The first-order valence-electron chi connectivity index (χ1n) is 7.70. The number of nitrogens with zero attached hydrogens (tertiary/aromatic N) is 3. The van der Waals surface area contributed by atoms with Crippen LogP contribution in [0.25, 0.3) is 0 Å². The quantitative estimate of drug-likeness (QED) is 0.660. The van der Waals surface area contributed by atoms with Crippen LogP contribution in [0.1, 0.15) is 20.8 Å². The van der Waals surface area contributed by atoms with Gasteiger partial charge in [0.25, 0.3) is 0 Å². The minimum absolute atomic E-state index is 0.0564. The van der Waals surface area contributed by atoms with Crippen molar-refractivity contribution in [3.8, 4) is 0 Å². The fraction of sp³-hybridized carbons (Fsp3) is 0.500. The van der Waals surface area contributed by atoms with E-state index in [9.17, 15) is 19.2 Å². The molecular formula is C16H24N4O4. The van der Waals surface area contributed by atoms with Crippen molar-refractivity contribution in [3.63, 3.8) is 0 Å². The van der Waals surface area contributed by atoms with Crippen LogP contribution >= 0.6 is 0 Å². The lowest BCUT2D eigenvalue weighted by molar-refractivity contribution is -0.122. The molecule has 0 spiro atoms. The van der Waals surface area contributed by atoms with Gasteiger partial charge in [-0.25, -0.2) is 28.1 Å². The second-order valence-electron chi connectivity index (χ2n) is 5.83. The van der Waals surface area contributed by atoms with Crippen molar-refractivity contribution in [2.24, 2.45) is 5.92 Å². The maximum atomic E-state index is 12.4. The van der Waals surface area contributed by atoms with E-state index in [0.717, 1.165) is 13.7 Å². The van der Waals surface area contributed by atoms with Crippen molar-refractivity contribution < 1.29 is 4.79 Å². The highest BCUT2D eigenvalue weighted by molar-refractivity contribution is 5.75.